The number of rotatable bonds is 5. The quantitative estimate of drug-likeness (QED) is 0.481. The standard InChI is InChI=1S/C25H20F2N6O/c1-16-7-9-18(10-8-16)22-14-23(17-5-3-2-4-6-17)33-25(29-30-31-33)32(22)15-24(34)28-21-12-19(26)11-20(27)13-21/h2-14,23H,15H2,1H3,(H,28,34)/t23-/m1/s1. The Morgan fingerprint density at radius 2 is 1.71 bits per heavy atom. The summed E-state index contributed by atoms with van der Waals surface area (Å²) in [5.74, 6) is -1.64. The number of hydrogen-bond acceptors (Lipinski definition) is 5. The van der Waals surface area contributed by atoms with E-state index in [-0.39, 0.29) is 18.3 Å². The normalized spacial score (nSPS) is 15.0. The van der Waals surface area contributed by atoms with E-state index in [1.54, 1.807) is 9.58 Å². The highest BCUT2D eigenvalue weighted by Crippen LogP contribution is 2.36. The van der Waals surface area contributed by atoms with E-state index in [4.69, 9.17) is 0 Å². The van der Waals surface area contributed by atoms with Crippen molar-refractivity contribution < 1.29 is 13.6 Å². The summed E-state index contributed by atoms with van der Waals surface area (Å²) >= 11 is 0. The lowest BCUT2D eigenvalue weighted by Crippen LogP contribution is -2.37. The first-order valence-corrected chi connectivity index (χ1v) is 10.6. The Labute approximate surface area is 194 Å². The molecule has 0 spiro atoms. The van der Waals surface area contributed by atoms with E-state index >= 15 is 0 Å². The first kappa shape index (κ1) is 21.4. The number of anilines is 2. The minimum atomic E-state index is -0.775. The molecule has 1 amide bonds. The fraction of sp³-hybridized carbons (Fsp3) is 0.120. The molecule has 34 heavy (non-hydrogen) atoms. The van der Waals surface area contributed by atoms with Crippen molar-refractivity contribution in [2.24, 2.45) is 0 Å². The molecule has 1 aromatic heterocycles. The van der Waals surface area contributed by atoms with Gasteiger partial charge in [0.2, 0.25) is 5.91 Å². The van der Waals surface area contributed by atoms with Gasteiger partial charge in [0.05, 0.1) is 5.70 Å². The van der Waals surface area contributed by atoms with Crippen LogP contribution in [0.4, 0.5) is 20.4 Å². The number of hydrogen-bond donors (Lipinski definition) is 1. The number of nitrogens with zero attached hydrogens (tertiary/aromatic N) is 5. The van der Waals surface area contributed by atoms with Crippen molar-refractivity contribution in [3.8, 4) is 0 Å². The maximum atomic E-state index is 13.6. The molecule has 0 bridgehead atoms. The summed E-state index contributed by atoms with van der Waals surface area (Å²) in [5, 5.41) is 14.7. The van der Waals surface area contributed by atoms with E-state index < -0.39 is 17.5 Å². The van der Waals surface area contributed by atoms with Crippen LogP contribution in [-0.2, 0) is 4.79 Å². The number of aryl methyl sites for hydroxylation is 1. The zero-order valence-corrected chi connectivity index (χ0v) is 18.2. The molecular formula is C25H20F2N6O. The Bertz CT molecular complexity index is 1350. The number of tetrazole rings is 1. The van der Waals surface area contributed by atoms with Crippen LogP contribution in [0.15, 0.2) is 78.9 Å². The summed E-state index contributed by atoms with van der Waals surface area (Å²) in [7, 11) is 0. The van der Waals surface area contributed by atoms with Gasteiger partial charge in [0.25, 0.3) is 5.95 Å². The Kier molecular flexibility index (Phi) is 5.59. The van der Waals surface area contributed by atoms with E-state index in [0.29, 0.717) is 5.95 Å². The van der Waals surface area contributed by atoms with Crippen molar-refractivity contribution in [2.45, 2.75) is 13.0 Å². The minimum absolute atomic E-state index is 0.0297. The third-order valence-corrected chi connectivity index (χ3v) is 5.52. The molecule has 0 aliphatic carbocycles. The van der Waals surface area contributed by atoms with Crippen molar-refractivity contribution in [3.05, 3.63) is 107 Å². The number of benzene rings is 3. The van der Waals surface area contributed by atoms with Crippen molar-refractivity contribution in [3.63, 3.8) is 0 Å². The summed E-state index contributed by atoms with van der Waals surface area (Å²) in [5.41, 5.74) is 3.74. The Morgan fingerprint density at radius 1 is 1.00 bits per heavy atom. The second-order valence-electron chi connectivity index (χ2n) is 7.99. The smallest absolute Gasteiger partial charge is 0.251 e. The molecular weight excluding hydrogens is 438 g/mol. The number of halogens is 2. The molecule has 170 valence electrons. The van der Waals surface area contributed by atoms with Crippen LogP contribution in [0.1, 0.15) is 22.7 Å². The number of carbonyl (C=O) groups is 1. The van der Waals surface area contributed by atoms with Gasteiger partial charge in [-0.25, -0.2) is 8.78 Å². The van der Waals surface area contributed by atoms with Gasteiger partial charge in [-0.15, -0.1) is 0 Å². The predicted octanol–water partition coefficient (Wildman–Crippen LogP) is 4.35. The second-order valence-corrected chi connectivity index (χ2v) is 7.99. The van der Waals surface area contributed by atoms with Gasteiger partial charge < -0.3 is 5.32 Å². The molecule has 5 rings (SSSR count). The molecule has 2 heterocycles. The molecule has 4 aromatic rings. The Balaban J connectivity index is 1.53. The van der Waals surface area contributed by atoms with E-state index in [1.165, 1.54) is 0 Å². The molecule has 0 saturated heterocycles. The van der Waals surface area contributed by atoms with Gasteiger partial charge in [0.1, 0.15) is 24.2 Å². The summed E-state index contributed by atoms with van der Waals surface area (Å²) < 4.78 is 28.8. The summed E-state index contributed by atoms with van der Waals surface area (Å²) in [4.78, 5) is 14.6. The van der Waals surface area contributed by atoms with E-state index in [9.17, 15) is 13.6 Å². The van der Waals surface area contributed by atoms with Gasteiger partial charge in [-0.3, -0.25) is 9.69 Å². The molecule has 0 unspecified atom stereocenters. The van der Waals surface area contributed by atoms with Gasteiger partial charge in [-0.05, 0) is 46.7 Å². The number of carbonyl (C=O) groups excluding carboxylic acids is 1. The predicted molar refractivity (Wildman–Crippen MR) is 124 cm³/mol. The largest absolute Gasteiger partial charge is 0.324 e. The van der Waals surface area contributed by atoms with Gasteiger partial charge in [-0.2, -0.15) is 4.68 Å². The van der Waals surface area contributed by atoms with Crippen molar-refractivity contribution in [2.75, 3.05) is 16.8 Å². The molecule has 1 atom stereocenters. The van der Waals surface area contributed by atoms with Crippen LogP contribution in [0, 0.1) is 18.6 Å². The second kappa shape index (κ2) is 8.86. The molecule has 0 fully saturated rings. The van der Waals surface area contributed by atoms with Crippen LogP contribution in [-0.4, -0.2) is 32.7 Å². The highest BCUT2D eigenvalue weighted by atomic mass is 19.1. The fourth-order valence-corrected chi connectivity index (χ4v) is 3.95. The van der Waals surface area contributed by atoms with Crippen LogP contribution in [0.25, 0.3) is 5.70 Å². The third kappa shape index (κ3) is 4.27. The lowest BCUT2D eigenvalue weighted by Gasteiger charge is -2.32. The number of nitrogens with one attached hydrogen (secondary N) is 1. The molecule has 1 aliphatic heterocycles. The van der Waals surface area contributed by atoms with Gasteiger partial charge in [0, 0.05) is 11.8 Å². The lowest BCUT2D eigenvalue weighted by molar-refractivity contribution is -0.114. The highest BCUT2D eigenvalue weighted by molar-refractivity contribution is 5.97. The molecule has 1 N–H and O–H groups in total. The van der Waals surface area contributed by atoms with Crippen LogP contribution in [0.3, 0.4) is 0 Å². The van der Waals surface area contributed by atoms with E-state index in [0.717, 1.165) is 40.6 Å². The van der Waals surface area contributed by atoms with E-state index in [2.05, 4.69) is 20.8 Å². The van der Waals surface area contributed by atoms with Crippen LogP contribution < -0.4 is 10.2 Å². The van der Waals surface area contributed by atoms with Gasteiger partial charge in [0.15, 0.2) is 0 Å². The van der Waals surface area contributed by atoms with Crippen LogP contribution in [0.2, 0.25) is 0 Å². The average Bonchev–Trinajstić information content (AvgIpc) is 3.30. The Morgan fingerprint density at radius 3 is 2.41 bits per heavy atom. The summed E-state index contributed by atoms with van der Waals surface area (Å²) in [6.07, 6.45) is 2.00. The molecule has 9 heteroatoms. The third-order valence-electron chi connectivity index (χ3n) is 5.52. The number of fused-ring (bicyclic) bond motifs is 1. The lowest BCUT2D eigenvalue weighted by atomic mass is 10.00. The van der Waals surface area contributed by atoms with Crippen molar-refractivity contribution >= 4 is 23.2 Å². The van der Waals surface area contributed by atoms with Crippen molar-refractivity contribution in [1.82, 2.24) is 20.2 Å². The van der Waals surface area contributed by atoms with Gasteiger partial charge >= 0.3 is 0 Å². The average molecular weight is 458 g/mol. The van der Waals surface area contributed by atoms with Crippen molar-refractivity contribution in [1.29, 1.82) is 0 Å². The fourth-order valence-electron chi connectivity index (χ4n) is 3.95. The number of aromatic nitrogens is 4. The van der Waals surface area contributed by atoms with Crippen LogP contribution >= 0.6 is 0 Å². The van der Waals surface area contributed by atoms with E-state index in [1.807, 2.05) is 67.6 Å². The maximum absolute atomic E-state index is 13.6. The number of amides is 1. The van der Waals surface area contributed by atoms with Gasteiger partial charge in [-0.1, -0.05) is 65.3 Å². The summed E-state index contributed by atoms with van der Waals surface area (Å²) in [6.45, 7) is 1.83. The first-order valence-electron chi connectivity index (χ1n) is 10.6. The van der Waals surface area contributed by atoms with Crippen LogP contribution in [0.5, 0.6) is 0 Å². The molecule has 0 saturated carbocycles. The molecule has 0 radical (unpaired) electrons. The Hall–Kier alpha value is -4.40. The molecule has 3 aromatic carbocycles. The maximum Gasteiger partial charge on any atom is 0.251 e. The SMILES string of the molecule is Cc1ccc(C2=C[C@H](c3ccccc3)n3nnnc3N2CC(=O)Nc2cc(F)cc(F)c2)cc1. The topological polar surface area (TPSA) is 75.9 Å². The monoisotopic (exact) mass is 458 g/mol. The highest BCUT2D eigenvalue weighted by Gasteiger charge is 2.31. The zero-order valence-electron chi connectivity index (χ0n) is 18.2. The minimum Gasteiger partial charge on any atom is -0.324 e. The first-order chi connectivity index (χ1) is 16.5. The summed E-state index contributed by atoms with van der Waals surface area (Å²) in [6, 6.07) is 20.3. The zero-order chi connectivity index (χ0) is 23.7. The molecule has 7 nitrogen and oxygen atoms in total. The number of allylic oxidation sites excluding steroid dienone is 1. The molecule has 1 aliphatic rings.